The van der Waals surface area contributed by atoms with Crippen molar-refractivity contribution >= 4 is 5.78 Å². The monoisotopic (exact) mass is 408 g/mol. The van der Waals surface area contributed by atoms with Gasteiger partial charge in [0.05, 0.1) is 0 Å². The van der Waals surface area contributed by atoms with Crippen LogP contribution in [0.2, 0.25) is 0 Å². The zero-order chi connectivity index (χ0) is 21.5. The van der Waals surface area contributed by atoms with Crippen LogP contribution >= 0.6 is 0 Å². The molecule has 150 valence electrons. The fraction of sp³-hybridized carbons (Fsp3) is 0. The van der Waals surface area contributed by atoms with E-state index in [4.69, 9.17) is 0 Å². The van der Waals surface area contributed by atoms with Gasteiger partial charge in [0.1, 0.15) is 0 Å². The van der Waals surface area contributed by atoms with Crippen molar-refractivity contribution in [1.29, 1.82) is 0 Å². The van der Waals surface area contributed by atoms with Gasteiger partial charge in [0, 0.05) is 16.7 Å². The smallest absolute Gasteiger partial charge is 0.194 e. The Kier molecular flexibility index (Phi) is 4.33. The second-order valence-electron chi connectivity index (χ2n) is 8.13. The Bertz CT molecular complexity index is 1410. The van der Waals surface area contributed by atoms with E-state index < -0.39 is 0 Å². The topological polar surface area (TPSA) is 17.1 Å². The van der Waals surface area contributed by atoms with Gasteiger partial charge >= 0.3 is 0 Å². The van der Waals surface area contributed by atoms with Crippen LogP contribution in [0.25, 0.3) is 44.5 Å². The molecule has 0 aliphatic heterocycles. The molecule has 5 aromatic carbocycles. The van der Waals surface area contributed by atoms with E-state index in [2.05, 4.69) is 78.9 Å². The van der Waals surface area contributed by atoms with Crippen LogP contribution in [0.5, 0.6) is 0 Å². The first-order chi connectivity index (χ1) is 15.8. The maximum absolute atomic E-state index is 13.0. The van der Waals surface area contributed by atoms with Crippen molar-refractivity contribution in [2.75, 3.05) is 0 Å². The minimum atomic E-state index is 0.111. The number of benzene rings is 5. The molecule has 1 heteroatoms. The van der Waals surface area contributed by atoms with Crippen molar-refractivity contribution in [1.82, 2.24) is 0 Å². The summed E-state index contributed by atoms with van der Waals surface area (Å²) in [5.74, 6) is 0.111. The zero-order valence-electron chi connectivity index (χ0n) is 17.5. The Hall–Kier alpha value is -4.23. The lowest BCUT2D eigenvalue weighted by molar-refractivity contribution is 0.104. The van der Waals surface area contributed by atoms with Crippen LogP contribution in [-0.4, -0.2) is 5.78 Å². The van der Waals surface area contributed by atoms with Crippen molar-refractivity contribution in [2.24, 2.45) is 0 Å². The lowest BCUT2D eigenvalue weighted by atomic mass is 9.89. The molecule has 0 heterocycles. The SMILES string of the molecule is O=C1c2ccccc2-c2c1cccc2-c1cc(-c2ccccc2)cc(-c2ccccc2)c1. The first-order valence-electron chi connectivity index (χ1n) is 10.8. The Morgan fingerprint density at radius 3 is 1.44 bits per heavy atom. The molecule has 0 atom stereocenters. The van der Waals surface area contributed by atoms with Gasteiger partial charge < -0.3 is 0 Å². The molecule has 0 saturated heterocycles. The van der Waals surface area contributed by atoms with E-state index in [-0.39, 0.29) is 5.78 Å². The summed E-state index contributed by atoms with van der Waals surface area (Å²) >= 11 is 0. The maximum Gasteiger partial charge on any atom is 0.194 e. The van der Waals surface area contributed by atoms with Gasteiger partial charge in [-0.15, -0.1) is 0 Å². The molecule has 0 saturated carbocycles. The molecule has 6 rings (SSSR count). The van der Waals surface area contributed by atoms with Crippen LogP contribution in [0.1, 0.15) is 15.9 Å². The van der Waals surface area contributed by atoms with Gasteiger partial charge in [0.15, 0.2) is 5.78 Å². The minimum absolute atomic E-state index is 0.111. The lowest BCUT2D eigenvalue weighted by Gasteiger charge is -2.14. The standard InChI is InChI=1S/C31H20O/c32-31-28-15-8-7-14-27(28)30-26(16-9-17-29(30)31)25-19-23(21-10-3-1-4-11-21)18-24(20-25)22-12-5-2-6-13-22/h1-20H. The molecule has 1 aliphatic carbocycles. The molecule has 0 aromatic heterocycles. The zero-order valence-corrected chi connectivity index (χ0v) is 17.5. The highest BCUT2D eigenvalue weighted by Gasteiger charge is 2.28. The molecule has 0 N–H and O–H groups in total. The van der Waals surface area contributed by atoms with Gasteiger partial charge in [-0.1, -0.05) is 103 Å². The lowest BCUT2D eigenvalue weighted by Crippen LogP contribution is -1.94. The molecule has 0 amide bonds. The number of hydrogen-bond donors (Lipinski definition) is 0. The quantitative estimate of drug-likeness (QED) is 0.291. The van der Waals surface area contributed by atoms with Gasteiger partial charge in [-0.25, -0.2) is 0 Å². The molecule has 0 bridgehead atoms. The highest BCUT2D eigenvalue weighted by Crippen LogP contribution is 2.44. The second-order valence-corrected chi connectivity index (χ2v) is 8.13. The van der Waals surface area contributed by atoms with Crippen molar-refractivity contribution in [2.45, 2.75) is 0 Å². The summed E-state index contributed by atoms with van der Waals surface area (Å²) in [6.07, 6.45) is 0. The predicted molar refractivity (Wildman–Crippen MR) is 132 cm³/mol. The molecule has 0 radical (unpaired) electrons. The minimum Gasteiger partial charge on any atom is -0.289 e. The third kappa shape index (κ3) is 2.99. The molecule has 0 fully saturated rings. The second kappa shape index (κ2) is 7.47. The Morgan fingerprint density at radius 2 is 0.812 bits per heavy atom. The summed E-state index contributed by atoms with van der Waals surface area (Å²) in [4.78, 5) is 13.0. The van der Waals surface area contributed by atoms with Gasteiger partial charge in [-0.05, 0) is 57.1 Å². The Balaban J connectivity index is 1.62. The van der Waals surface area contributed by atoms with Crippen molar-refractivity contribution in [3.63, 3.8) is 0 Å². The van der Waals surface area contributed by atoms with Crippen LogP contribution in [0.15, 0.2) is 121 Å². The first kappa shape index (κ1) is 18.5. The van der Waals surface area contributed by atoms with Gasteiger partial charge in [0.25, 0.3) is 0 Å². The molecule has 32 heavy (non-hydrogen) atoms. The first-order valence-corrected chi connectivity index (χ1v) is 10.8. The van der Waals surface area contributed by atoms with E-state index in [1.807, 2.05) is 42.5 Å². The predicted octanol–water partition coefficient (Wildman–Crippen LogP) is 7.90. The van der Waals surface area contributed by atoms with E-state index in [1.54, 1.807) is 0 Å². The molecule has 1 aliphatic rings. The molecule has 0 unspecified atom stereocenters. The summed E-state index contributed by atoms with van der Waals surface area (Å²) in [7, 11) is 0. The number of rotatable bonds is 3. The normalized spacial score (nSPS) is 11.8. The van der Waals surface area contributed by atoms with Crippen LogP contribution in [0, 0.1) is 0 Å². The average Bonchev–Trinajstić information content (AvgIpc) is 3.17. The molecule has 0 spiro atoms. The number of carbonyl (C=O) groups excluding carboxylic acids is 1. The third-order valence-electron chi connectivity index (χ3n) is 6.21. The largest absolute Gasteiger partial charge is 0.289 e. The van der Waals surface area contributed by atoms with E-state index >= 15 is 0 Å². The summed E-state index contributed by atoms with van der Waals surface area (Å²) in [5.41, 5.74) is 10.5. The van der Waals surface area contributed by atoms with Crippen molar-refractivity contribution in [3.8, 4) is 44.5 Å². The molecular weight excluding hydrogens is 388 g/mol. The number of hydrogen-bond acceptors (Lipinski definition) is 1. The fourth-order valence-electron chi connectivity index (χ4n) is 4.69. The van der Waals surface area contributed by atoms with Gasteiger partial charge in [-0.3, -0.25) is 4.79 Å². The van der Waals surface area contributed by atoms with Crippen LogP contribution < -0.4 is 0 Å². The number of carbonyl (C=O) groups is 1. The van der Waals surface area contributed by atoms with Crippen molar-refractivity contribution in [3.05, 3.63) is 132 Å². The molecule has 1 nitrogen and oxygen atoms in total. The summed E-state index contributed by atoms with van der Waals surface area (Å²) in [6.45, 7) is 0. The van der Waals surface area contributed by atoms with E-state index in [9.17, 15) is 4.79 Å². The maximum atomic E-state index is 13.0. The van der Waals surface area contributed by atoms with Crippen molar-refractivity contribution < 1.29 is 4.79 Å². The highest BCUT2D eigenvalue weighted by molar-refractivity contribution is 6.23. The fourth-order valence-corrected chi connectivity index (χ4v) is 4.69. The molecule has 5 aromatic rings. The Morgan fingerprint density at radius 1 is 0.344 bits per heavy atom. The third-order valence-corrected chi connectivity index (χ3v) is 6.21. The van der Waals surface area contributed by atoms with Gasteiger partial charge in [-0.2, -0.15) is 0 Å². The summed E-state index contributed by atoms with van der Waals surface area (Å²) in [6, 6.07) is 41.6. The molecular formula is C31H20O. The number of fused-ring (bicyclic) bond motifs is 3. The Labute approximate surface area is 187 Å². The summed E-state index contributed by atoms with van der Waals surface area (Å²) < 4.78 is 0. The number of ketones is 1. The van der Waals surface area contributed by atoms with Crippen LogP contribution in [-0.2, 0) is 0 Å². The van der Waals surface area contributed by atoms with Gasteiger partial charge in [0.2, 0.25) is 0 Å². The van der Waals surface area contributed by atoms with E-state index in [0.717, 1.165) is 44.5 Å². The summed E-state index contributed by atoms with van der Waals surface area (Å²) in [5, 5.41) is 0. The van der Waals surface area contributed by atoms with E-state index in [0.29, 0.717) is 0 Å². The van der Waals surface area contributed by atoms with E-state index in [1.165, 1.54) is 11.1 Å². The highest BCUT2D eigenvalue weighted by atomic mass is 16.1. The van der Waals surface area contributed by atoms with Crippen LogP contribution in [0.4, 0.5) is 0 Å². The average molecular weight is 409 g/mol. The van der Waals surface area contributed by atoms with Crippen LogP contribution in [0.3, 0.4) is 0 Å².